The molecule has 2 rings (SSSR count). The first-order chi connectivity index (χ1) is 11.7. The smallest absolute Gasteiger partial charge is 0.414 e. The molecule has 0 saturated heterocycles. The number of aromatic nitrogens is 1. The molecule has 0 bridgehead atoms. The first-order valence-electron chi connectivity index (χ1n) is 6.97. The number of esters is 1. The van der Waals surface area contributed by atoms with Gasteiger partial charge in [-0.1, -0.05) is 18.3 Å². The summed E-state index contributed by atoms with van der Waals surface area (Å²) in [6, 6.07) is 3.71. The minimum Gasteiger partial charge on any atom is -0.414 e. The normalized spacial score (nSPS) is 12.7. The highest BCUT2D eigenvalue weighted by molar-refractivity contribution is 7.81. The van der Waals surface area contributed by atoms with Crippen LogP contribution in [-0.4, -0.2) is 19.7 Å². The highest BCUT2D eigenvalue weighted by atomic mass is 32.2. The van der Waals surface area contributed by atoms with E-state index in [0.717, 1.165) is 39.9 Å². The van der Waals surface area contributed by atoms with E-state index in [9.17, 15) is 26.7 Å². The number of rotatable bonds is 6. The zero-order valence-electron chi connectivity index (χ0n) is 12.8. The molecule has 0 spiro atoms. The van der Waals surface area contributed by atoms with Crippen LogP contribution in [0, 0.1) is 0 Å². The Morgan fingerprint density at radius 1 is 1.36 bits per heavy atom. The average molecular weight is 394 g/mol. The van der Waals surface area contributed by atoms with Gasteiger partial charge in [0.2, 0.25) is 10.2 Å². The molecule has 0 amide bonds. The molecule has 1 aromatic carbocycles. The van der Waals surface area contributed by atoms with Crippen LogP contribution >= 0.6 is 11.3 Å². The Morgan fingerprint density at radius 3 is 2.52 bits per heavy atom. The quantitative estimate of drug-likeness (QED) is 0.588. The highest BCUT2D eigenvalue weighted by Crippen LogP contribution is 2.36. The number of alkyl halides is 3. The fraction of sp³-hybridized carbons (Fsp3) is 0.286. The van der Waals surface area contributed by atoms with E-state index in [0.29, 0.717) is 6.42 Å². The van der Waals surface area contributed by atoms with Crippen LogP contribution in [0.4, 0.5) is 24.0 Å². The molecular formula is C14H13F3N2O4S2. The minimum absolute atomic E-state index is 0.000101. The molecular weight excluding hydrogens is 381 g/mol. The van der Waals surface area contributed by atoms with Crippen LogP contribution in [0.1, 0.15) is 25.3 Å². The average Bonchev–Trinajstić information content (AvgIpc) is 2.94. The maximum Gasteiger partial charge on any atom is 0.416 e. The molecule has 0 aliphatic rings. The SMILES string of the molecule is CCCC(=O)Oc1cnc(N(c2ccc(C(F)(F)F)cc2)S(=O)O)s1. The fourth-order valence-electron chi connectivity index (χ4n) is 1.81. The van der Waals surface area contributed by atoms with E-state index in [1.165, 1.54) is 6.20 Å². The van der Waals surface area contributed by atoms with Crippen molar-refractivity contribution in [2.24, 2.45) is 0 Å². The van der Waals surface area contributed by atoms with Crippen LogP contribution in [0.5, 0.6) is 5.06 Å². The third-order valence-electron chi connectivity index (χ3n) is 2.90. The number of hydrogen-bond donors (Lipinski definition) is 1. The van der Waals surface area contributed by atoms with Gasteiger partial charge in [0.05, 0.1) is 17.4 Å². The number of hydrogen-bond acceptors (Lipinski definition) is 5. The number of ether oxygens (including phenoxy) is 1. The van der Waals surface area contributed by atoms with Gasteiger partial charge in [0.25, 0.3) is 11.3 Å². The molecule has 1 atom stereocenters. The topological polar surface area (TPSA) is 79.7 Å². The molecule has 11 heteroatoms. The summed E-state index contributed by atoms with van der Waals surface area (Å²) >= 11 is -1.75. The predicted octanol–water partition coefficient (Wildman–Crippen LogP) is 4.14. The minimum atomic E-state index is -4.51. The van der Waals surface area contributed by atoms with Gasteiger partial charge in [-0.3, -0.25) is 9.35 Å². The summed E-state index contributed by atoms with van der Waals surface area (Å²) in [6.07, 6.45) is -2.49. The van der Waals surface area contributed by atoms with E-state index in [1.807, 2.05) is 0 Å². The molecule has 0 fully saturated rings. The standard InChI is InChI=1S/C14H13F3N2O4S2/c1-2-3-11(20)23-12-8-18-13(24-12)19(25(21)22)10-6-4-9(5-7-10)14(15,16)17/h4-8H,2-3H2,1H3,(H,21,22). The van der Waals surface area contributed by atoms with Crippen molar-refractivity contribution in [2.45, 2.75) is 25.9 Å². The number of carbonyl (C=O) groups excluding carboxylic acids is 1. The Bertz CT molecular complexity index is 762. The molecule has 25 heavy (non-hydrogen) atoms. The molecule has 2 aromatic rings. The van der Waals surface area contributed by atoms with Crippen LogP contribution < -0.4 is 9.04 Å². The molecule has 0 aliphatic heterocycles. The van der Waals surface area contributed by atoms with Gasteiger partial charge in [0.15, 0.2) is 0 Å². The maximum atomic E-state index is 12.6. The van der Waals surface area contributed by atoms with Crippen molar-refractivity contribution in [3.63, 3.8) is 0 Å². The lowest BCUT2D eigenvalue weighted by molar-refractivity contribution is -0.137. The zero-order chi connectivity index (χ0) is 18.6. The predicted molar refractivity (Wildman–Crippen MR) is 87.0 cm³/mol. The number of thiazole rings is 1. The summed E-state index contributed by atoms with van der Waals surface area (Å²) in [4.78, 5) is 15.3. The monoisotopic (exact) mass is 394 g/mol. The number of anilines is 2. The second-order valence-corrected chi connectivity index (χ2v) is 6.55. The number of nitrogens with zero attached hydrogens (tertiary/aromatic N) is 2. The summed E-state index contributed by atoms with van der Waals surface area (Å²) in [5.41, 5.74) is -0.845. The number of halogens is 3. The van der Waals surface area contributed by atoms with Crippen LogP contribution in [0.3, 0.4) is 0 Å². The van der Waals surface area contributed by atoms with Crippen molar-refractivity contribution in [1.82, 2.24) is 4.98 Å². The van der Waals surface area contributed by atoms with Gasteiger partial charge in [-0.25, -0.2) is 13.5 Å². The maximum absolute atomic E-state index is 12.6. The van der Waals surface area contributed by atoms with Crippen LogP contribution in [0.15, 0.2) is 30.5 Å². The first-order valence-corrected chi connectivity index (χ1v) is 8.85. The third kappa shape index (κ3) is 5.00. The summed E-state index contributed by atoms with van der Waals surface area (Å²) < 4.78 is 64.7. The highest BCUT2D eigenvalue weighted by Gasteiger charge is 2.30. The largest absolute Gasteiger partial charge is 0.416 e. The Hall–Kier alpha value is -1.98. The summed E-state index contributed by atoms with van der Waals surface area (Å²) in [5, 5.41) is 0.121. The summed E-state index contributed by atoms with van der Waals surface area (Å²) in [7, 11) is 0. The van der Waals surface area contributed by atoms with Crippen molar-refractivity contribution < 1.29 is 31.5 Å². The molecule has 1 heterocycles. The lowest BCUT2D eigenvalue weighted by Gasteiger charge is -2.17. The molecule has 0 aliphatic carbocycles. The lowest BCUT2D eigenvalue weighted by Crippen LogP contribution is -2.19. The molecule has 6 nitrogen and oxygen atoms in total. The Labute approximate surface area is 147 Å². The van der Waals surface area contributed by atoms with E-state index >= 15 is 0 Å². The van der Waals surface area contributed by atoms with Crippen molar-refractivity contribution in [1.29, 1.82) is 0 Å². The van der Waals surface area contributed by atoms with Gasteiger partial charge < -0.3 is 4.74 Å². The van der Waals surface area contributed by atoms with Gasteiger partial charge in [-0.2, -0.15) is 13.2 Å². The Morgan fingerprint density at radius 2 is 2.00 bits per heavy atom. The van der Waals surface area contributed by atoms with Crippen molar-refractivity contribution in [3.8, 4) is 5.06 Å². The van der Waals surface area contributed by atoms with E-state index in [2.05, 4.69) is 4.98 Å². The van der Waals surface area contributed by atoms with E-state index in [1.54, 1.807) is 6.92 Å². The third-order valence-corrected chi connectivity index (χ3v) is 4.57. The van der Waals surface area contributed by atoms with Crippen LogP contribution in [0.2, 0.25) is 0 Å². The van der Waals surface area contributed by atoms with Crippen LogP contribution in [0.25, 0.3) is 0 Å². The second-order valence-electron chi connectivity index (χ2n) is 4.76. The Balaban J connectivity index is 2.25. The molecule has 0 radical (unpaired) electrons. The first kappa shape index (κ1) is 19.3. The van der Waals surface area contributed by atoms with E-state index in [-0.39, 0.29) is 22.3 Å². The van der Waals surface area contributed by atoms with Gasteiger partial charge in [0, 0.05) is 6.42 Å². The molecule has 1 aromatic heterocycles. The van der Waals surface area contributed by atoms with Gasteiger partial charge in [0.1, 0.15) is 0 Å². The van der Waals surface area contributed by atoms with Crippen molar-refractivity contribution in [2.75, 3.05) is 4.31 Å². The Kier molecular flexibility index (Phi) is 6.14. The van der Waals surface area contributed by atoms with Gasteiger partial charge in [-0.15, -0.1) is 0 Å². The van der Waals surface area contributed by atoms with Crippen molar-refractivity contribution in [3.05, 3.63) is 36.0 Å². The van der Waals surface area contributed by atoms with E-state index in [4.69, 9.17) is 4.74 Å². The second kappa shape index (κ2) is 7.93. The lowest BCUT2D eigenvalue weighted by atomic mass is 10.2. The number of benzene rings is 1. The summed E-state index contributed by atoms with van der Waals surface area (Å²) in [5.74, 6) is -0.469. The summed E-state index contributed by atoms with van der Waals surface area (Å²) in [6.45, 7) is 1.81. The molecule has 1 unspecified atom stereocenters. The molecule has 0 saturated carbocycles. The molecule has 1 N–H and O–H groups in total. The zero-order valence-corrected chi connectivity index (χ0v) is 14.5. The fourth-order valence-corrected chi connectivity index (χ4v) is 3.31. The molecule has 136 valence electrons. The van der Waals surface area contributed by atoms with E-state index < -0.39 is 29.0 Å². The van der Waals surface area contributed by atoms with Crippen molar-refractivity contribution >= 4 is 39.4 Å². The van der Waals surface area contributed by atoms with Crippen LogP contribution in [-0.2, 0) is 22.2 Å². The number of carbonyl (C=O) groups is 1. The van der Waals surface area contributed by atoms with Gasteiger partial charge in [-0.05, 0) is 30.7 Å². The van der Waals surface area contributed by atoms with Gasteiger partial charge >= 0.3 is 12.1 Å².